The second-order valence-corrected chi connectivity index (χ2v) is 2.82. The van der Waals surface area contributed by atoms with Crippen molar-refractivity contribution < 1.29 is 22.7 Å². The Morgan fingerprint density at radius 2 is 2.17 bits per heavy atom. The van der Waals surface area contributed by atoms with Gasteiger partial charge in [-0.1, -0.05) is 0 Å². The molecule has 12 heavy (non-hydrogen) atoms. The summed E-state index contributed by atoms with van der Waals surface area (Å²) >= 11 is 0. The summed E-state index contributed by atoms with van der Waals surface area (Å²) in [5.41, 5.74) is 0. The number of rotatable bonds is 2. The Morgan fingerprint density at radius 3 is 2.58 bits per heavy atom. The molecular weight excluding hydrogens is 173 g/mol. The molecule has 0 aromatic heterocycles. The van der Waals surface area contributed by atoms with Crippen molar-refractivity contribution in [2.45, 2.75) is 19.0 Å². The van der Waals surface area contributed by atoms with Crippen LogP contribution in [0.25, 0.3) is 0 Å². The van der Waals surface area contributed by atoms with Crippen LogP contribution in [-0.2, 0) is 9.53 Å². The molecule has 0 aromatic carbocycles. The lowest BCUT2D eigenvalue weighted by molar-refractivity contribution is -0.154. The van der Waals surface area contributed by atoms with Gasteiger partial charge in [0.15, 0.2) is 0 Å². The van der Waals surface area contributed by atoms with Crippen LogP contribution in [0.15, 0.2) is 0 Å². The largest absolute Gasteiger partial charge is 0.395 e. The third-order valence-corrected chi connectivity index (χ3v) is 1.76. The molecule has 1 aliphatic rings. The molecule has 0 saturated carbocycles. The van der Waals surface area contributed by atoms with Crippen LogP contribution < -0.4 is 0 Å². The van der Waals surface area contributed by atoms with Gasteiger partial charge in [-0.2, -0.15) is 13.2 Å². The van der Waals surface area contributed by atoms with Gasteiger partial charge in [-0.05, 0) is 6.42 Å². The average Bonchev–Trinajstić information content (AvgIpc) is 2.32. The Hall–Kier alpha value is -0.580. The molecule has 0 amide bonds. The van der Waals surface area contributed by atoms with Crippen LogP contribution in [0.3, 0.4) is 0 Å². The molecular formula is C7H9F3O2. The molecule has 0 radical (unpaired) electrons. The van der Waals surface area contributed by atoms with Gasteiger partial charge in [-0.15, -0.1) is 0 Å². The zero-order valence-corrected chi connectivity index (χ0v) is 6.36. The van der Waals surface area contributed by atoms with Crippen LogP contribution in [0.4, 0.5) is 13.2 Å². The Balaban J connectivity index is 2.37. The zero-order chi connectivity index (χ0) is 9.19. The zero-order valence-electron chi connectivity index (χ0n) is 6.36. The average molecular weight is 182 g/mol. The fourth-order valence-electron chi connectivity index (χ4n) is 1.13. The van der Waals surface area contributed by atoms with E-state index in [0.29, 0.717) is 13.0 Å². The molecule has 2 nitrogen and oxygen atoms in total. The summed E-state index contributed by atoms with van der Waals surface area (Å²) in [6, 6.07) is 0. The van der Waals surface area contributed by atoms with Crippen molar-refractivity contribution in [1.82, 2.24) is 0 Å². The van der Waals surface area contributed by atoms with E-state index in [1.54, 1.807) is 0 Å². The lowest BCUT2D eigenvalue weighted by Crippen LogP contribution is -2.22. The third kappa shape index (κ3) is 2.81. The van der Waals surface area contributed by atoms with Gasteiger partial charge >= 0.3 is 6.18 Å². The highest BCUT2D eigenvalue weighted by atomic mass is 19.4. The van der Waals surface area contributed by atoms with E-state index in [1.165, 1.54) is 0 Å². The summed E-state index contributed by atoms with van der Waals surface area (Å²) in [4.78, 5) is 10.9. The third-order valence-electron chi connectivity index (χ3n) is 1.76. The van der Waals surface area contributed by atoms with E-state index in [-0.39, 0.29) is 6.61 Å². The van der Waals surface area contributed by atoms with Crippen molar-refractivity contribution >= 4 is 5.78 Å². The number of carbonyl (C=O) groups excluding carboxylic acids is 1. The number of Topliss-reactive ketones (excluding diaryl/α,β-unsaturated/α-hetero) is 1. The molecule has 1 unspecified atom stereocenters. The topological polar surface area (TPSA) is 26.3 Å². The van der Waals surface area contributed by atoms with Crippen LogP contribution in [0.1, 0.15) is 12.8 Å². The summed E-state index contributed by atoms with van der Waals surface area (Å²) < 4.78 is 39.9. The molecule has 0 spiro atoms. The molecule has 0 bridgehead atoms. The summed E-state index contributed by atoms with van der Waals surface area (Å²) in [6.07, 6.45) is -5.27. The maximum Gasteiger partial charge on any atom is 0.395 e. The van der Waals surface area contributed by atoms with E-state index >= 15 is 0 Å². The first-order valence-corrected chi connectivity index (χ1v) is 3.66. The number of hydrogen-bond donors (Lipinski definition) is 0. The van der Waals surface area contributed by atoms with Crippen molar-refractivity contribution in [3.8, 4) is 0 Å². The monoisotopic (exact) mass is 182 g/mol. The molecule has 1 aliphatic heterocycles. The highest BCUT2D eigenvalue weighted by Crippen LogP contribution is 2.24. The maximum absolute atomic E-state index is 11.7. The molecule has 1 saturated heterocycles. The first kappa shape index (κ1) is 9.51. The van der Waals surface area contributed by atoms with Crippen molar-refractivity contribution in [1.29, 1.82) is 0 Å². The highest BCUT2D eigenvalue weighted by Gasteiger charge is 2.35. The van der Waals surface area contributed by atoms with Crippen LogP contribution in [0, 0.1) is 5.92 Å². The second-order valence-electron chi connectivity index (χ2n) is 2.82. The first-order chi connectivity index (χ1) is 5.49. The summed E-state index contributed by atoms with van der Waals surface area (Å²) in [5, 5.41) is 0. The summed E-state index contributed by atoms with van der Waals surface area (Å²) in [5.74, 6) is -1.29. The van der Waals surface area contributed by atoms with Gasteiger partial charge in [-0.25, -0.2) is 0 Å². The van der Waals surface area contributed by atoms with Crippen molar-refractivity contribution in [2.24, 2.45) is 5.92 Å². The van der Waals surface area contributed by atoms with Gasteiger partial charge in [0.05, 0.1) is 6.61 Å². The van der Waals surface area contributed by atoms with Crippen LogP contribution in [0.2, 0.25) is 0 Å². The molecule has 1 fully saturated rings. The van der Waals surface area contributed by atoms with E-state index in [1.807, 2.05) is 0 Å². The number of ether oxygens (including phenoxy) is 1. The number of hydrogen-bond acceptors (Lipinski definition) is 2. The minimum absolute atomic E-state index is 0.148. The van der Waals surface area contributed by atoms with Crippen LogP contribution in [-0.4, -0.2) is 25.2 Å². The van der Waals surface area contributed by atoms with Gasteiger partial charge in [0.25, 0.3) is 0 Å². The van der Waals surface area contributed by atoms with E-state index in [9.17, 15) is 18.0 Å². The second kappa shape index (κ2) is 3.43. The first-order valence-electron chi connectivity index (χ1n) is 3.66. The van der Waals surface area contributed by atoms with E-state index in [4.69, 9.17) is 4.74 Å². The number of alkyl halides is 3. The summed E-state index contributed by atoms with van der Waals surface area (Å²) in [7, 11) is 0. The Labute approximate surface area is 67.7 Å². The Kier molecular flexibility index (Phi) is 2.72. The molecule has 1 rings (SSSR count). The molecule has 0 aromatic rings. The molecule has 1 heterocycles. The molecule has 0 aliphatic carbocycles. The molecule has 70 valence electrons. The molecule has 5 heteroatoms. The van der Waals surface area contributed by atoms with Crippen molar-refractivity contribution in [3.63, 3.8) is 0 Å². The lowest BCUT2D eigenvalue weighted by atomic mass is 10.0. The van der Waals surface area contributed by atoms with Gasteiger partial charge in [-0.3, -0.25) is 4.79 Å². The quantitative estimate of drug-likeness (QED) is 0.647. The Bertz CT molecular complexity index is 170. The minimum Gasteiger partial charge on any atom is -0.381 e. The fourth-order valence-corrected chi connectivity index (χ4v) is 1.13. The number of halogens is 3. The van der Waals surface area contributed by atoms with Crippen molar-refractivity contribution in [3.05, 3.63) is 0 Å². The Morgan fingerprint density at radius 1 is 1.50 bits per heavy atom. The van der Waals surface area contributed by atoms with Gasteiger partial charge in [0, 0.05) is 12.5 Å². The van der Waals surface area contributed by atoms with Gasteiger partial charge in [0.1, 0.15) is 12.2 Å². The standard InChI is InChI=1S/C7H9F3O2/c8-7(9,10)3-6(11)5-1-2-12-4-5/h5H,1-4H2. The minimum atomic E-state index is -4.38. The summed E-state index contributed by atoms with van der Waals surface area (Å²) in [6.45, 7) is 0.545. The smallest absolute Gasteiger partial charge is 0.381 e. The predicted octanol–water partition coefficient (Wildman–Crippen LogP) is 1.54. The van der Waals surface area contributed by atoms with Gasteiger partial charge < -0.3 is 4.74 Å². The lowest BCUT2D eigenvalue weighted by Gasteiger charge is -2.08. The molecule has 0 N–H and O–H groups in total. The SMILES string of the molecule is O=C(CC(F)(F)F)C1CCOC1. The highest BCUT2D eigenvalue weighted by molar-refractivity contribution is 5.81. The van der Waals surface area contributed by atoms with E-state index in [0.717, 1.165) is 0 Å². The van der Waals surface area contributed by atoms with Crippen LogP contribution >= 0.6 is 0 Å². The number of ketones is 1. The molecule has 1 atom stereocenters. The normalized spacial score (nSPS) is 24.4. The van der Waals surface area contributed by atoms with E-state index in [2.05, 4.69) is 0 Å². The van der Waals surface area contributed by atoms with Crippen molar-refractivity contribution in [2.75, 3.05) is 13.2 Å². The van der Waals surface area contributed by atoms with Gasteiger partial charge in [0.2, 0.25) is 0 Å². The van der Waals surface area contributed by atoms with E-state index < -0.39 is 24.3 Å². The van der Waals surface area contributed by atoms with Crippen LogP contribution in [0.5, 0.6) is 0 Å². The number of carbonyl (C=O) groups is 1. The maximum atomic E-state index is 11.7. The fraction of sp³-hybridized carbons (Fsp3) is 0.857. The predicted molar refractivity (Wildman–Crippen MR) is 34.6 cm³/mol.